The van der Waals surface area contributed by atoms with Crippen molar-refractivity contribution in [3.05, 3.63) is 29.3 Å². The van der Waals surface area contributed by atoms with Crippen LogP contribution in [-0.2, 0) is 4.79 Å². The van der Waals surface area contributed by atoms with Crippen LogP contribution in [0.1, 0.15) is 13.3 Å². The number of amides is 1. The topological polar surface area (TPSA) is 35.6 Å². The smallest absolute Gasteiger partial charge is 0.229 e. The van der Waals surface area contributed by atoms with Gasteiger partial charge in [-0.15, -0.1) is 0 Å². The quantitative estimate of drug-likeness (QED) is 0.907. The number of piperazine rings is 1. The lowest BCUT2D eigenvalue weighted by molar-refractivity contribution is -0.140. The summed E-state index contributed by atoms with van der Waals surface area (Å²) in [4.78, 5) is 17.0. The Kier molecular flexibility index (Phi) is 4.09. The summed E-state index contributed by atoms with van der Waals surface area (Å²) in [7, 11) is 0. The standard InChI is InChI=1S/C16H22ClN3O/c1-16(6-7-18-12-16)15(21)20-10-8-19(9-11-20)14-4-2-13(17)3-5-14/h2-5,18H,6-12H2,1H3. The van der Waals surface area contributed by atoms with Gasteiger partial charge in [0, 0.05) is 43.4 Å². The van der Waals surface area contributed by atoms with Crippen LogP contribution in [0.2, 0.25) is 5.02 Å². The minimum Gasteiger partial charge on any atom is -0.368 e. The Morgan fingerprint density at radius 3 is 2.43 bits per heavy atom. The molecule has 1 aromatic carbocycles. The summed E-state index contributed by atoms with van der Waals surface area (Å²) in [5, 5.41) is 4.06. The molecule has 1 atom stereocenters. The highest BCUT2D eigenvalue weighted by atomic mass is 35.5. The number of nitrogens with one attached hydrogen (secondary N) is 1. The molecule has 0 radical (unpaired) electrons. The molecule has 1 aromatic rings. The highest BCUT2D eigenvalue weighted by molar-refractivity contribution is 6.30. The fourth-order valence-electron chi connectivity index (χ4n) is 3.20. The van der Waals surface area contributed by atoms with Crippen LogP contribution in [0, 0.1) is 5.41 Å². The number of halogens is 1. The number of carbonyl (C=O) groups is 1. The van der Waals surface area contributed by atoms with Gasteiger partial charge >= 0.3 is 0 Å². The number of carbonyl (C=O) groups excluding carboxylic acids is 1. The third-order valence-corrected chi connectivity index (χ3v) is 4.90. The molecule has 4 nitrogen and oxygen atoms in total. The average molecular weight is 308 g/mol. The van der Waals surface area contributed by atoms with Crippen LogP contribution < -0.4 is 10.2 Å². The third-order valence-electron chi connectivity index (χ3n) is 4.64. The predicted molar refractivity (Wildman–Crippen MR) is 85.8 cm³/mol. The second-order valence-corrected chi connectivity index (χ2v) is 6.68. The number of benzene rings is 1. The fourth-order valence-corrected chi connectivity index (χ4v) is 3.33. The highest BCUT2D eigenvalue weighted by Gasteiger charge is 2.39. The summed E-state index contributed by atoms with van der Waals surface area (Å²) in [6, 6.07) is 7.92. The van der Waals surface area contributed by atoms with Crippen molar-refractivity contribution in [3.63, 3.8) is 0 Å². The third kappa shape index (κ3) is 3.01. The lowest BCUT2D eigenvalue weighted by Crippen LogP contribution is -2.53. The molecule has 0 aliphatic carbocycles. The van der Waals surface area contributed by atoms with Gasteiger partial charge in [0.05, 0.1) is 5.41 Å². The summed E-state index contributed by atoms with van der Waals surface area (Å²) in [6.45, 7) is 7.22. The Hall–Kier alpha value is -1.26. The molecule has 114 valence electrons. The number of hydrogen-bond donors (Lipinski definition) is 1. The van der Waals surface area contributed by atoms with E-state index in [1.807, 2.05) is 29.2 Å². The van der Waals surface area contributed by atoms with E-state index in [-0.39, 0.29) is 5.41 Å². The normalized spacial score (nSPS) is 26.2. The Bertz CT molecular complexity index is 503. The maximum atomic E-state index is 12.7. The van der Waals surface area contributed by atoms with Gasteiger partial charge in [-0.2, -0.15) is 0 Å². The van der Waals surface area contributed by atoms with Crippen molar-refractivity contribution in [2.75, 3.05) is 44.2 Å². The number of anilines is 1. The molecule has 2 saturated heterocycles. The monoisotopic (exact) mass is 307 g/mol. The van der Waals surface area contributed by atoms with E-state index in [1.165, 1.54) is 5.69 Å². The molecule has 1 unspecified atom stereocenters. The minimum atomic E-state index is -0.206. The van der Waals surface area contributed by atoms with Gasteiger partial charge in [0.1, 0.15) is 0 Å². The first-order valence-corrected chi connectivity index (χ1v) is 7.97. The lowest BCUT2D eigenvalue weighted by Gasteiger charge is -2.39. The largest absolute Gasteiger partial charge is 0.368 e. The van der Waals surface area contributed by atoms with Crippen LogP contribution in [0.3, 0.4) is 0 Å². The van der Waals surface area contributed by atoms with Crippen molar-refractivity contribution < 1.29 is 4.79 Å². The summed E-state index contributed by atoms with van der Waals surface area (Å²) >= 11 is 5.93. The predicted octanol–water partition coefficient (Wildman–Crippen LogP) is 1.99. The van der Waals surface area contributed by atoms with Crippen molar-refractivity contribution in [3.8, 4) is 0 Å². The SMILES string of the molecule is CC1(C(=O)N2CCN(c3ccc(Cl)cc3)CC2)CCNC1. The fraction of sp³-hybridized carbons (Fsp3) is 0.562. The van der Waals surface area contributed by atoms with E-state index >= 15 is 0 Å². The van der Waals surface area contributed by atoms with E-state index < -0.39 is 0 Å². The van der Waals surface area contributed by atoms with Crippen molar-refractivity contribution >= 4 is 23.2 Å². The molecule has 0 aromatic heterocycles. The average Bonchev–Trinajstić information content (AvgIpc) is 2.96. The number of nitrogens with zero attached hydrogens (tertiary/aromatic N) is 2. The van der Waals surface area contributed by atoms with Gasteiger partial charge in [-0.3, -0.25) is 4.79 Å². The van der Waals surface area contributed by atoms with Gasteiger partial charge < -0.3 is 15.1 Å². The van der Waals surface area contributed by atoms with Crippen molar-refractivity contribution in [1.29, 1.82) is 0 Å². The molecular formula is C16H22ClN3O. The van der Waals surface area contributed by atoms with Crippen LogP contribution in [0.15, 0.2) is 24.3 Å². The van der Waals surface area contributed by atoms with Gasteiger partial charge in [-0.1, -0.05) is 11.6 Å². The molecule has 2 fully saturated rings. The maximum Gasteiger partial charge on any atom is 0.229 e. The van der Waals surface area contributed by atoms with E-state index in [0.717, 1.165) is 50.7 Å². The minimum absolute atomic E-state index is 0.206. The highest BCUT2D eigenvalue weighted by Crippen LogP contribution is 2.28. The molecule has 0 spiro atoms. The molecule has 21 heavy (non-hydrogen) atoms. The molecular weight excluding hydrogens is 286 g/mol. The second-order valence-electron chi connectivity index (χ2n) is 6.24. The zero-order valence-electron chi connectivity index (χ0n) is 12.4. The zero-order chi connectivity index (χ0) is 14.9. The first-order valence-electron chi connectivity index (χ1n) is 7.59. The summed E-state index contributed by atoms with van der Waals surface area (Å²) < 4.78 is 0. The van der Waals surface area contributed by atoms with E-state index in [9.17, 15) is 4.79 Å². The van der Waals surface area contributed by atoms with E-state index in [1.54, 1.807) is 0 Å². The van der Waals surface area contributed by atoms with Gasteiger partial charge in [0.25, 0.3) is 0 Å². The van der Waals surface area contributed by atoms with Crippen LogP contribution in [0.4, 0.5) is 5.69 Å². The zero-order valence-corrected chi connectivity index (χ0v) is 13.2. The first kappa shape index (κ1) is 14.7. The lowest BCUT2D eigenvalue weighted by atomic mass is 9.88. The number of rotatable bonds is 2. The summed E-state index contributed by atoms with van der Waals surface area (Å²) in [6.07, 6.45) is 0.948. The van der Waals surface area contributed by atoms with E-state index in [4.69, 9.17) is 11.6 Å². The van der Waals surface area contributed by atoms with Crippen LogP contribution >= 0.6 is 11.6 Å². The Morgan fingerprint density at radius 2 is 1.86 bits per heavy atom. The molecule has 5 heteroatoms. The van der Waals surface area contributed by atoms with Crippen molar-refractivity contribution in [2.24, 2.45) is 5.41 Å². The van der Waals surface area contributed by atoms with Gasteiger partial charge in [-0.05, 0) is 44.2 Å². The van der Waals surface area contributed by atoms with Crippen LogP contribution in [0.5, 0.6) is 0 Å². The van der Waals surface area contributed by atoms with Crippen LogP contribution in [-0.4, -0.2) is 50.1 Å². The first-order chi connectivity index (χ1) is 10.1. The van der Waals surface area contributed by atoms with E-state index in [0.29, 0.717) is 5.91 Å². The Balaban J connectivity index is 1.60. The second kappa shape index (κ2) is 5.85. The molecule has 0 bridgehead atoms. The summed E-state index contributed by atoms with van der Waals surface area (Å²) in [5.74, 6) is 0.309. The van der Waals surface area contributed by atoms with Gasteiger partial charge in [-0.25, -0.2) is 0 Å². The molecule has 2 heterocycles. The van der Waals surface area contributed by atoms with E-state index in [2.05, 4.69) is 17.1 Å². The molecule has 2 aliphatic rings. The summed E-state index contributed by atoms with van der Waals surface area (Å²) in [5.41, 5.74) is 0.975. The molecule has 2 aliphatic heterocycles. The number of hydrogen-bond acceptors (Lipinski definition) is 3. The Labute approximate surface area is 131 Å². The molecule has 3 rings (SSSR count). The van der Waals surface area contributed by atoms with Gasteiger partial charge in [0.2, 0.25) is 5.91 Å². The molecule has 1 amide bonds. The van der Waals surface area contributed by atoms with Crippen LogP contribution in [0.25, 0.3) is 0 Å². The van der Waals surface area contributed by atoms with Crippen molar-refractivity contribution in [2.45, 2.75) is 13.3 Å². The molecule has 0 saturated carbocycles. The van der Waals surface area contributed by atoms with Gasteiger partial charge in [0.15, 0.2) is 0 Å². The molecule has 1 N–H and O–H groups in total. The maximum absolute atomic E-state index is 12.7. The van der Waals surface area contributed by atoms with Crippen molar-refractivity contribution in [1.82, 2.24) is 10.2 Å². The Morgan fingerprint density at radius 1 is 1.19 bits per heavy atom.